The molecule has 1 aromatic heterocycles. The third kappa shape index (κ3) is 4.71. The Bertz CT molecular complexity index is 875. The average Bonchev–Trinajstić information content (AvgIpc) is 2.59. The number of esters is 1. The lowest BCUT2D eigenvalue weighted by Gasteiger charge is -2.14. The van der Waals surface area contributed by atoms with Crippen molar-refractivity contribution >= 4 is 17.6 Å². The fourth-order valence-corrected chi connectivity index (χ4v) is 2.19. The zero-order valence-electron chi connectivity index (χ0n) is 13.7. The molecule has 0 aliphatic heterocycles. The number of carbonyl (C=O) groups is 2. The van der Waals surface area contributed by atoms with Gasteiger partial charge >= 0.3 is 12.1 Å². The Kier molecular flexibility index (Phi) is 5.81. The highest BCUT2D eigenvalue weighted by molar-refractivity contribution is 6.01. The van der Waals surface area contributed by atoms with Crippen LogP contribution in [0, 0.1) is 0 Å². The molecule has 0 radical (unpaired) electrons. The van der Waals surface area contributed by atoms with Gasteiger partial charge in [0.2, 0.25) is 5.91 Å². The van der Waals surface area contributed by atoms with Gasteiger partial charge in [-0.2, -0.15) is 13.2 Å². The van der Waals surface area contributed by atoms with Crippen LogP contribution in [0.3, 0.4) is 0 Å². The SMILES string of the molecule is COC(=O)c1ccc(C(F)(F)F)cc1NC(=O)CCn1ccccc1=O. The number of methoxy groups -OCH3 is 1. The predicted octanol–water partition coefficient (Wildman–Crippen LogP) is 2.68. The van der Waals surface area contributed by atoms with Gasteiger partial charge in [0.25, 0.3) is 5.56 Å². The zero-order chi connectivity index (χ0) is 19.3. The lowest BCUT2D eigenvalue weighted by atomic mass is 10.1. The molecule has 1 heterocycles. The summed E-state index contributed by atoms with van der Waals surface area (Å²) in [6.07, 6.45) is -3.31. The van der Waals surface area contributed by atoms with Gasteiger partial charge in [-0.3, -0.25) is 9.59 Å². The van der Waals surface area contributed by atoms with Crippen molar-refractivity contribution < 1.29 is 27.5 Å². The average molecular weight is 368 g/mol. The second-order valence-electron chi connectivity index (χ2n) is 5.28. The Labute approximate surface area is 146 Å². The van der Waals surface area contributed by atoms with Crippen molar-refractivity contribution in [2.45, 2.75) is 19.1 Å². The number of hydrogen-bond acceptors (Lipinski definition) is 4. The van der Waals surface area contributed by atoms with E-state index >= 15 is 0 Å². The van der Waals surface area contributed by atoms with Gasteiger partial charge in [-0.15, -0.1) is 0 Å². The molecule has 138 valence electrons. The molecule has 9 heteroatoms. The normalized spacial score (nSPS) is 11.1. The summed E-state index contributed by atoms with van der Waals surface area (Å²) in [7, 11) is 1.08. The summed E-state index contributed by atoms with van der Waals surface area (Å²) in [5.41, 5.74) is -1.84. The number of hydrogen-bond donors (Lipinski definition) is 1. The van der Waals surface area contributed by atoms with E-state index in [2.05, 4.69) is 10.1 Å². The third-order valence-electron chi connectivity index (χ3n) is 3.51. The van der Waals surface area contributed by atoms with Crippen molar-refractivity contribution in [2.24, 2.45) is 0 Å². The fraction of sp³-hybridized carbons (Fsp3) is 0.235. The van der Waals surface area contributed by atoms with E-state index in [1.165, 1.54) is 16.8 Å². The van der Waals surface area contributed by atoms with Crippen molar-refractivity contribution in [3.63, 3.8) is 0 Å². The number of nitrogens with zero attached hydrogens (tertiary/aromatic N) is 1. The van der Waals surface area contributed by atoms with Crippen LogP contribution in [0.15, 0.2) is 47.4 Å². The van der Waals surface area contributed by atoms with E-state index in [0.29, 0.717) is 6.07 Å². The lowest BCUT2D eigenvalue weighted by Crippen LogP contribution is -2.22. The standard InChI is InChI=1S/C17H15F3N2O4/c1-26-16(25)12-6-5-11(17(18,19)20)10-13(12)21-14(23)7-9-22-8-3-2-4-15(22)24/h2-6,8,10H,7,9H2,1H3,(H,21,23). The minimum Gasteiger partial charge on any atom is -0.465 e. The molecule has 26 heavy (non-hydrogen) atoms. The highest BCUT2D eigenvalue weighted by Crippen LogP contribution is 2.32. The number of rotatable bonds is 5. The van der Waals surface area contributed by atoms with Gasteiger partial charge in [0, 0.05) is 25.2 Å². The van der Waals surface area contributed by atoms with Crippen molar-refractivity contribution in [1.29, 1.82) is 0 Å². The molecule has 0 atom stereocenters. The van der Waals surface area contributed by atoms with E-state index in [-0.39, 0.29) is 29.8 Å². The van der Waals surface area contributed by atoms with E-state index < -0.39 is 23.6 Å². The number of aryl methyl sites for hydroxylation is 1. The molecule has 6 nitrogen and oxygen atoms in total. The molecule has 0 unspecified atom stereocenters. The van der Waals surface area contributed by atoms with Crippen molar-refractivity contribution in [3.8, 4) is 0 Å². The molecular formula is C17H15F3N2O4. The Morgan fingerprint density at radius 3 is 2.54 bits per heavy atom. The topological polar surface area (TPSA) is 77.4 Å². The van der Waals surface area contributed by atoms with Crippen molar-refractivity contribution in [2.75, 3.05) is 12.4 Å². The molecule has 0 spiro atoms. The highest BCUT2D eigenvalue weighted by Gasteiger charge is 2.32. The van der Waals surface area contributed by atoms with E-state index in [9.17, 15) is 27.6 Å². The van der Waals surface area contributed by atoms with E-state index in [4.69, 9.17) is 0 Å². The van der Waals surface area contributed by atoms with Crippen LogP contribution in [-0.2, 0) is 22.3 Å². The Morgan fingerprint density at radius 1 is 1.19 bits per heavy atom. The van der Waals surface area contributed by atoms with Gasteiger partial charge in [-0.25, -0.2) is 4.79 Å². The van der Waals surface area contributed by atoms with Crippen LogP contribution in [0.5, 0.6) is 0 Å². The van der Waals surface area contributed by atoms with Gasteiger partial charge < -0.3 is 14.6 Å². The van der Waals surface area contributed by atoms with Gasteiger partial charge in [-0.05, 0) is 24.3 Å². The first-order valence-corrected chi connectivity index (χ1v) is 7.47. The quantitative estimate of drug-likeness (QED) is 0.824. The lowest BCUT2D eigenvalue weighted by molar-refractivity contribution is -0.137. The molecule has 1 N–H and O–H groups in total. The molecule has 2 rings (SSSR count). The molecule has 0 saturated carbocycles. The number of ether oxygens (including phenoxy) is 1. The zero-order valence-corrected chi connectivity index (χ0v) is 13.7. The maximum atomic E-state index is 12.9. The molecule has 1 amide bonds. The Hall–Kier alpha value is -3.10. The van der Waals surface area contributed by atoms with Crippen molar-refractivity contribution in [1.82, 2.24) is 4.57 Å². The van der Waals surface area contributed by atoms with Crippen LogP contribution in [-0.4, -0.2) is 23.6 Å². The number of anilines is 1. The number of alkyl halides is 3. The Balaban J connectivity index is 2.20. The minimum atomic E-state index is -4.63. The second kappa shape index (κ2) is 7.85. The molecular weight excluding hydrogens is 353 g/mol. The molecule has 1 aromatic carbocycles. The second-order valence-corrected chi connectivity index (χ2v) is 5.28. The maximum Gasteiger partial charge on any atom is 0.416 e. The van der Waals surface area contributed by atoms with Crippen LogP contribution in [0.4, 0.5) is 18.9 Å². The van der Waals surface area contributed by atoms with Gasteiger partial charge in [0.1, 0.15) is 0 Å². The first kappa shape index (κ1) is 19.2. The van der Waals surface area contributed by atoms with Crippen LogP contribution in [0.25, 0.3) is 0 Å². The number of pyridine rings is 1. The summed E-state index contributed by atoms with van der Waals surface area (Å²) in [5.74, 6) is -1.53. The number of carbonyl (C=O) groups excluding carboxylic acids is 2. The monoisotopic (exact) mass is 368 g/mol. The Morgan fingerprint density at radius 2 is 1.92 bits per heavy atom. The molecule has 0 fully saturated rings. The summed E-state index contributed by atoms with van der Waals surface area (Å²) in [4.78, 5) is 35.3. The van der Waals surface area contributed by atoms with E-state index in [0.717, 1.165) is 19.2 Å². The molecule has 2 aromatic rings. The fourth-order valence-electron chi connectivity index (χ4n) is 2.19. The van der Waals surface area contributed by atoms with Crippen LogP contribution in [0.2, 0.25) is 0 Å². The highest BCUT2D eigenvalue weighted by atomic mass is 19.4. The summed E-state index contributed by atoms with van der Waals surface area (Å²) >= 11 is 0. The summed E-state index contributed by atoms with van der Waals surface area (Å²) in [6.45, 7) is 0.0397. The van der Waals surface area contributed by atoms with E-state index in [1.807, 2.05) is 0 Å². The first-order valence-electron chi connectivity index (χ1n) is 7.47. The number of aromatic nitrogens is 1. The summed E-state index contributed by atoms with van der Waals surface area (Å²) in [6, 6.07) is 6.81. The molecule has 0 aliphatic rings. The van der Waals surface area contributed by atoms with Crippen molar-refractivity contribution in [3.05, 3.63) is 64.1 Å². The predicted molar refractivity (Wildman–Crippen MR) is 86.7 cm³/mol. The first-order chi connectivity index (χ1) is 12.2. The summed E-state index contributed by atoms with van der Waals surface area (Å²) in [5, 5.41) is 2.27. The van der Waals surface area contributed by atoms with Gasteiger partial charge in [-0.1, -0.05) is 6.07 Å². The minimum absolute atomic E-state index is 0.0397. The molecule has 0 saturated heterocycles. The van der Waals surface area contributed by atoms with Gasteiger partial charge in [0.15, 0.2) is 0 Å². The number of benzene rings is 1. The largest absolute Gasteiger partial charge is 0.465 e. The number of nitrogens with one attached hydrogen (secondary N) is 1. The number of halogens is 3. The smallest absolute Gasteiger partial charge is 0.416 e. The maximum absolute atomic E-state index is 12.9. The van der Waals surface area contributed by atoms with Crippen LogP contribution < -0.4 is 10.9 Å². The molecule has 0 aliphatic carbocycles. The van der Waals surface area contributed by atoms with Gasteiger partial charge in [0.05, 0.1) is 23.9 Å². The van der Waals surface area contributed by atoms with E-state index in [1.54, 1.807) is 12.1 Å². The third-order valence-corrected chi connectivity index (χ3v) is 3.51. The molecule has 0 bridgehead atoms. The van der Waals surface area contributed by atoms with Crippen LogP contribution in [0.1, 0.15) is 22.3 Å². The number of amides is 1. The summed E-state index contributed by atoms with van der Waals surface area (Å²) < 4.78 is 44.4. The van der Waals surface area contributed by atoms with Crippen LogP contribution >= 0.6 is 0 Å².